The van der Waals surface area contributed by atoms with Crippen molar-refractivity contribution >= 4 is 6.29 Å². The molecule has 0 rings (SSSR count). The molecule has 2 heteroatoms. The largest absolute Gasteiger partial charge is 0.384 e. The van der Waals surface area contributed by atoms with Gasteiger partial charge in [-0.2, -0.15) is 0 Å². The van der Waals surface area contributed by atoms with Crippen LogP contribution in [0.3, 0.4) is 0 Å². The Balaban J connectivity index is 3.55. The van der Waals surface area contributed by atoms with Crippen molar-refractivity contribution in [2.45, 2.75) is 13.8 Å². The molecule has 0 aliphatic rings. The van der Waals surface area contributed by atoms with Gasteiger partial charge in [0.2, 0.25) is 0 Å². The first-order chi connectivity index (χ1) is 4.12. The minimum atomic E-state index is -0.115. The summed E-state index contributed by atoms with van der Waals surface area (Å²) in [6.45, 7) is 4.49. The molecular formula is C7H13O2. The van der Waals surface area contributed by atoms with Crippen LogP contribution in [-0.2, 0) is 9.53 Å². The summed E-state index contributed by atoms with van der Waals surface area (Å²) in [6.07, 6.45) is 2.40. The third-order valence-electron chi connectivity index (χ3n) is 1.04. The smallest absolute Gasteiger partial charge is 0.124 e. The van der Waals surface area contributed by atoms with Gasteiger partial charge in [0.25, 0.3) is 0 Å². The average molecular weight is 129 g/mol. The van der Waals surface area contributed by atoms with E-state index in [0.29, 0.717) is 6.61 Å². The zero-order valence-electron chi connectivity index (χ0n) is 6.18. The van der Waals surface area contributed by atoms with E-state index in [9.17, 15) is 4.79 Å². The van der Waals surface area contributed by atoms with E-state index in [4.69, 9.17) is 4.74 Å². The molecule has 0 saturated heterocycles. The lowest BCUT2D eigenvalue weighted by Gasteiger charge is -2.19. The topological polar surface area (TPSA) is 26.3 Å². The van der Waals surface area contributed by atoms with E-state index < -0.39 is 0 Å². The lowest BCUT2D eigenvalue weighted by molar-refractivity contribution is -0.106. The van der Waals surface area contributed by atoms with Crippen molar-refractivity contribution in [2.75, 3.05) is 13.7 Å². The Bertz CT molecular complexity index is 86.9. The highest BCUT2D eigenvalue weighted by molar-refractivity contribution is 5.62. The van der Waals surface area contributed by atoms with E-state index in [1.54, 1.807) is 13.5 Å². The van der Waals surface area contributed by atoms with Crippen LogP contribution in [0.15, 0.2) is 0 Å². The molecule has 0 aliphatic carbocycles. The molecule has 53 valence electrons. The summed E-state index contributed by atoms with van der Waals surface area (Å²) in [5.41, 5.74) is -0.115. The van der Waals surface area contributed by atoms with Gasteiger partial charge in [-0.25, -0.2) is 0 Å². The van der Waals surface area contributed by atoms with Gasteiger partial charge >= 0.3 is 0 Å². The van der Waals surface area contributed by atoms with Crippen LogP contribution < -0.4 is 0 Å². The molecule has 0 heterocycles. The fraction of sp³-hybridized carbons (Fsp3) is 0.714. The fourth-order valence-electron chi connectivity index (χ4n) is 0.604. The molecule has 1 radical (unpaired) electrons. The highest BCUT2D eigenvalue weighted by atomic mass is 16.5. The maximum atomic E-state index is 9.98. The second-order valence-corrected chi connectivity index (χ2v) is 2.72. The van der Waals surface area contributed by atoms with Gasteiger partial charge in [0.05, 0.1) is 6.61 Å². The molecule has 0 aliphatic heterocycles. The predicted molar refractivity (Wildman–Crippen MR) is 36.0 cm³/mol. The summed E-state index contributed by atoms with van der Waals surface area (Å²) >= 11 is 0. The number of aldehydes is 1. The van der Waals surface area contributed by atoms with E-state index in [1.165, 1.54) is 0 Å². The van der Waals surface area contributed by atoms with E-state index in [1.807, 2.05) is 13.8 Å². The second-order valence-electron chi connectivity index (χ2n) is 2.72. The number of rotatable bonds is 4. The van der Waals surface area contributed by atoms with Gasteiger partial charge in [-0.15, -0.1) is 0 Å². The molecule has 0 fully saturated rings. The number of carbonyl (C=O) groups excluding carboxylic acids is 1. The third-order valence-corrected chi connectivity index (χ3v) is 1.04. The fourth-order valence-corrected chi connectivity index (χ4v) is 0.604. The molecule has 0 atom stereocenters. The Morgan fingerprint density at radius 1 is 1.56 bits per heavy atom. The van der Waals surface area contributed by atoms with Crippen molar-refractivity contribution < 1.29 is 9.53 Å². The molecule has 0 aromatic heterocycles. The molecule has 0 saturated carbocycles. The molecule has 0 spiro atoms. The quantitative estimate of drug-likeness (QED) is 0.530. The van der Waals surface area contributed by atoms with Gasteiger partial charge in [0, 0.05) is 13.5 Å². The minimum Gasteiger partial charge on any atom is -0.384 e. The standard InChI is InChI=1S/C7H13O2/c1-7(2,4-5-8)6-9-3/h4-5H,6H2,1-3H3. The summed E-state index contributed by atoms with van der Waals surface area (Å²) in [7, 11) is 1.63. The molecule has 0 aromatic rings. The molecule has 9 heavy (non-hydrogen) atoms. The SMILES string of the molecule is COCC(C)(C)[CH]C=O. The van der Waals surface area contributed by atoms with Crippen molar-refractivity contribution in [1.82, 2.24) is 0 Å². The highest BCUT2D eigenvalue weighted by Gasteiger charge is 2.16. The lowest BCUT2D eigenvalue weighted by Crippen LogP contribution is -2.19. The number of hydrogen-bond donors (Lipinski definition) is 0. The number of methoxy groups -OCH3 is 1. The van der Waals surface area contributed by atoms with Crippen molar-refractivity contribution in [2.24, 2.45) is 5.41 Å². The van der Waals surface area contributed by atoms with Crippen LogP contribution in [-0.4, -0.2) is 20.0 Å². The van der Waals surface area contributed by atoms with E-state index in [-0.39, 0.29) is 5.41 Å². The zero-order chi connectivity index (χ0) is 7.33. The van der Waals surface area contributed by atoms with Gasteiger partial charge in [-0.1, -0.05) is 13.8 Å². The Kier molecular flexibility index (Phi) is 3.47. The van der Waals surface area contributed by atoms with Crippen LogP contribution >= 0.6 is 0 Å². The van der Waals surface area contributed by atoms with Crippen molar-refractivity contribution in [1.29, 1.82) is 0 Å². The van der Waals surface area contributed by atoms with Gasteiger partial charge in [-0.05, 0) is 5.41 Å². The lowest BCUT2D eigenvalue weighted by atomic mass is 9.91. The van der Waals surface area contributed by atoms with E-state index >= 15 is 0 Å². The third kappa shape index (κ3) is 4.15. The molecule has 2 nitrogen and oxygen atoms in total. The molecule has 0 unspecified atom stereocenters. The van der Waals surface area contributed by atoms with Crippen molar-refractivity contribution in [3.8, 4) is 0 Å². The highest BCUT2D eigenvalue weighted by Crippen LogP contribution is 2.16. The number of hydrogen-bond acceptors (Lipinski definition) is 2. The minimum absolute atomic E-state index is 0.115. The average Bonchev–Trinajstić information content (AvgIpc) is 1.64. The Morgan fingerprint density at radius 2 is 2.11 bits per heavy atom. The van der Waals surface area contributed by atoms with Crippen LogP contribution in [0.5, 0.6) is 0 Å². The second kappa shape index (κ2) is 3.62. The summed E-state index contributed by atoms with van der Waals surface area (Å²) in [5.74, 6) is 0. The van der Waals surface area contributed by atoms with Gasteiger partial charge in [0.1, 0.15) is 6.29 Å². The summed E-state index contributed by atoms with van der Waals surface area (Å²) in [6, 6.07) is 0. The van der Waals surface area contributed by atoms with Crippen LogP contribution in [0, 0.1) is 11.8 Å². The van der Waals surface area contributed by atoms with Gasteiger partial charge in [-0.3, -0.25) is 0 Å². The van der Waals surface area contributed by atoms with Crippen LogP contribution in [0.4, 0.5) is 0 Å². The molecule has 0 amide bonds. The Labute approximate surface area is 56.2 Å². The van der Waals surface area contributed by atoms with Crippen LogP contribution in [0.1, 0.15) is 13.8 Å². The maximum Gasteiger partial charge on any atom is 0.124 e. The molecule has 0 N–H and O–H groups in total. The molecule has 0 bridgehead atoms. The maximum absolute atomic E-state index is 9.98. The van der Waals surface area contributed by atoms with Crippen molar-refractivity contribution in [3.63, 3.8) is 0 Å². The molecular weight excluding hydrogens is 116 g/mol. The summed E-state index contributed by atoms with van der Waals surface area (Å²) in [5, 5.41) is 0. The van der Waals surface area contributed by atoms with Crippen LogP contribution in [0.2, 0.25) is 0 Å². The summed E-state index contributed by atoms with van der Waals surface area (Å²) in [4.78, 5) is 9.98. The zero-order valence-corrected chi connectivity index (χ0v) is 6.18. The normalized spacial score (nSPS) is 11.4. The van der Waals surface area contributed by atoms with Crippen molar-refractivity contribution in [3.05, 3.63) is 6.42 Å². The van der Waals surface area contributed by atoms with E-state index in [2.05, 4.69) is 0 Å². The first-order valence-electron chi connectivity index (χ1n) is 2.91. The summed E-state index contributed by atoms with van der Waals surface area (Å²) < 4.78 is 4.87. The predicted octanol–water partition coefficient (Wildman–Crippen LogP) is 1.06. The van der Waals surface area contributed by atoms with Gasteiger partial charge < -0.3 is 9.53 Å². The van der Waals surface area contributed by atoms with Gasteiger partial charge in [0.15, 0.2) is 0 Å². The monoisotopic (exact) mass is 129 g/mol. The number of ether oxygens (including phenoxy) is 1. The molecule has 0 aromatic carbocycles. The Hall–Kier alpha value is -0.370. The van der Waals surface area contributed by atoms with E-state index in [0.717, 1.165) is 6.29 Å². The number of carbonyl (C=O) groups is 1. The van der Waals surface area contributed by atoms with Crippen LogP contribution in [0.25, 0.3) is 0 Å². The first kappa shape index (κ1) is 8.63. The first-order valence-corrected chi connectivity index (χ1v) is 2.91. The Morgan fingerprint density at radius 3 is 2.44 bits per heavy atom.